The summed E-state index contributed by atoms with van der Waals surface area (Å²) in [7, 11) is -3.71. The highest BCUT2D eigenvalue weighted by Gasteiger charge is 2.45. The lowest BCUT2D eigenvalue weighted by Gasteiger charge is -2.29. The first kappa shape index (κ1) is 27.5. The molecule has 2 aromatic carbocycles. The molecule has 1 atom stereocenters. The number of Topliss-reactive ketones (excluding diaryl/α,β-unsaturated/α-hetero) is 1. The molecule has 3 aliphatic heterocycles. The third kappa shape index (κ3) is 5.78. The molecule has 1 amide bonds. The van der Waals surface area contributed by atoms with Gasteiger partial charge in [0, 0.05) is 44.8 Å². The van der Waals surface area contributed by atoms with E-state index in [0.717, 1.165) is 25.2 Å². The fraction of sp³-hybridized carbons (Fsp3) is 0.429. The number of amides is 1. The molecule has 0 saturated carbocycles. The van der Waals surface area contributed by atoms with Crippen molar-refractivity contribution in [2.24, 2.45) is 0 Å². The number of ether oxygens (including phenoxy) is 2. The Morgan fingerprint density at radius 2 is 1.46 bits per heavy atom. The minimum atomic E-state index is -3.71. The Balaban J connectivity index is 1.42. The number of aliphatic hydroxyl groups excluding tert-OH is 1. The predicted molar refractivity (Wildman–Crippen MR) is 143 cm³/mol. The van der Waals surface area contributed by atoms with Crippen molar-refractivity contribution in [2.75, 3.05) is 65.7 Å². The van der Waals surface area contributed by atoms with E-state index in [1.54, 1.807) is 0 Å². The van der Waals surface area contributed by atoms with Gasteiger partial charge in [-0.25, -0.2) is 8.42 Å². The normalized spacial score (nSPS) is 22.9. The summed E-state index contributed by atoms with van der Waals surface area (Å²) in [5.74, 6) is -1.73. The van der Waals surface area contributed by atoms with Crippen LogP contribution in [-0.4, -0.2) is 105 Å². The number of aliphatic hydroxyl groups is 1. The van der Waals surface area contributed by atoms with Gasteiger partial charge in [-0.3, -0.25) is 14.5 Å². The Labute approximate surface area is 228 Å². The summed E-state index contributed by atoms with van der Waals surface area (Å²) in [5, 5.41) is 11.3. The van der Waals surface area contributed by atoms with Crippen LogP contribution in [0.25, 0.3) is 5.76 Å². The van der Waals surface area contributed by atoms with Gasteiger partial charge in [0.15, 0.2) is 0 Å². The second-order valence-corrected chi connectivity index (χ2v) is 11.7. The van der Waals surface area contributed by atoms with Crippen LogP contribution < -0.4 is 0 Å². The number of hydrogen-bond donors (Lipinski definition) is 1. The van der Waals surface area contributed by atoms with Crippen LogP contribution in [0.15, 0.2) is 65.1 Å². The van der Waals surface area contributed by atoms with E-state index in [-0.39, 0.29) is 34.9 Å². The van der Waals surface area contributed by atoms with Crippen LogP contribution in [0.5, 0.6) is 0 Å². The zero-order chi connectivity index (χ0) is 27.4. The van der Waals surface area contributed by atoms with E-state index < -0.39 is 27.8 Å². The Morgan fingerprint density at radius 3 is 2.10 bits per heavy atom. The Hall–Kier alpha value is -3.09. The number of likely N-dealkylation sites (tertiary alicyclic amines) is 1. The van der Waals surface area contributed by atoms with Crippen molar-refractivity contribution in [1.29, 1.82) is 0 Å². The third-order valence-electron chi connectivity index (χ3n) is 7.37. The SMILES string of the molecule is O=C1C(=O)N(CCCN2CCOCC2)C(c2ccccc2)C1=C(O)c1ccc(S(=O)(=O)N2CCOCC2)cc1. The van der Waals surface area contributed by atoms with E-state index in [4.69, 9.17) is 9.47 Å². The molecule has 3 heterocycles. The van der Waals surface area contributed by atoms with E-state index >= 15 is 0 Å². The van der Waals surface area contributed by atoms with Crippen molar-refractivity contribution in [2.45, 2.75) is 17.4 Å². The maximum Gasteiger partial charge on any atom is 0.295 e. The fourth-order valence-electron chi connectivity index (χ4n) is 5.26. The zero-order valence-corrected chi connectivity index (χ0v) is 22.5. The minimum absolute atomic E-state index is 0.00126. The standard InChI is InChI=1S/C28H33N3O7S/c32-26(22-7-9-23(10-8-22)39(35,36)30-15-19-38-20-16-30)24-25(21-5-2-1-3-6-21)31(28(34)27(24)33)12-4-11-29-13-17-37-18-14-29/h1-3,5-10,25,32H,4,11-20H2. The molecule has 0 radical (unpaired) electrons. The minimum Gasteiger partial charge on any atom is -0.507 e. The van der Waals surface area contributed by atoms with Crippen molar-refractivity contribution in [1.82, 2.24) is 14.1 Å². The number of sulfonamides is 1. The maximum absolute atomic E-state index is 13.3. The second-order valence-electron chi connectivity index (χ2n) is 9.75. The first-order valence-electron chi connectivity index (χ1n) is 13.2. The van der Waals surface area contributed by atoms with Crippen LogP contribution in [0, 0.1) is 0 Å². The maximum atomic E-state index is 13.3. The average molecular weight is 556 g/mol. The molecule has 208 valence electrons. The molecular weight excluding hydrogens is 522 g/mol. The summed E-state index contributed by atoms with van der Waals surface area (Å²) < 4.78 is 38.0. The molecule has 2 aromatic rings. The lowest BCUT2D eigenvalue weighted by molar-refractivity contribution is -0.140. The quantitative estimate of drug-likeness (QED) is 0.298. The summed E-state index contributed by atoms with van der Waals surface area (Å²) in [6, 6.07) is 14.2. The highest BCUT2D eigenvalue weighted by atomic mass is 32.2. The number of carbonyl (C=O) groups is 2. The van der Waals surface area contributed by atoms with Gasteiger partial charge < -0.3 is 19.5 Å². The average Bonchev–Trinajstić information content (AvgIpc) is 3.23. The first-order valence-corrected chi connectivity index (χ1v) is 14.6. The third-order valence-corrected chi connectivity index (χ3v) is 9.28. The van der Waals surface area contributed by atoms with Crippen LogP contribution in [-0.2, 0) is 29.1 Å². The summed E-state index contributed by atoms with van der Waals surface area (Å²) >= 11 is 0. The van der Waals surface area contributed by atoms with Gasteiger partial charge in [-0.15, -0.1) is 0 Å². The Bertz CT molecular complexity index is 1320. The number of nitrogens with zero attached hydrogens (tertiary/aromatic N) is 3. The molecule has 0 bridgehead atoms. The molecule has 0 aliphatic carbocycles. The number of rotatable bonds is 8. The molecular formula is C28H33N3O7S. The fourth-order valence-corrected chi connectivity index (χ4v) is 6.67. The lowest BCUT2D eigenvalue weighted by Crippen LogP contribution is -2.40. The van der Waals surface area contributed by atoms with E-state index in [0.29, 0.717) is 39.4 Å². The number of ketones is 1. The Morgan fingerprint density at radius 1 is 0.846 bits per heavy atom. The van der Waals surface area contributed by atoms with Crippen molar-refractivity contribution in [3.8, 4) is 0 Å². The van der Waals surface area contributed by atoms with E-state index in [1.165, 1.54) is 33.5 Å². The molecule has 3 fully saturated rings. The topological polar surface area (TPSA) is 117 Å². The van der Waals surface area contributed by atoms with Gasteiger partial charge in [0.25, 0.3) is 11.7 Å². The van der Waals surface area contributed by atoms with Gasteiger partial charge in [-0.2, -0.15) is 4.31 Å². The van der Waals surface area contributed by atoms with E-state index in [1.807, 2.05) is 30.3 Å². The smallest absolute Gasteiger partial charge is 0.295 e. The molecule has 1 unspecified atom stereocenters. The van der Waals surface area contributed by atoms with Gasteiger partial charge in [0.2, 0.25) is 10.0 Å². The molecule has 10 nitrogen and oxygen atoms in total. The monoisotopic (exact) mass is 555 g/mol. The largest absolute Gasteiger partial charge is 0.507 e. The number of carbonyl (C=O) groups excluding carboxylic acids is 2. The second kappa shape index (κ2) is 12.0. The number of morpholine rings is 2. The highest BCUT2D eigenvalue weighted by Crippen LogP contribution is 2.39. The van der Waals surface area contributed by atoms with Crippen LogP contribution in [0.4, 0.5) is 0 Å². The van der Waals surface area contributed by atoms with E-state index in [9.17, 15) is 23.1 Å². The lowest BCUT2D eigenvalue weighted by atomic mass is 9.95. The van der Waals surface area contributed by atoms with Crippen LogP contribution in [0.2, 0.25) is 0 Å². The zero-order valence-electron chi connectivity index (χ0n) is 21.7. The van der Waals surface area contributed by atoms with Crippen LogP contribution in [0.1, 0.15) is 23.6 Å². The van der Waals surface area contributed by atoms with Gasteiger partial charge in [-0.05, 0) is 36.2 Å². The summed E-state index contributed by atoms with van der Waals surface area (Å²) in [5.41, 5.74) is 0.987. The Kier molecular flexibility index (Phi) is 8.43. The van der Waals surface area contributed by atoms with Crippen LogP contribution >= 0.6 is 0 Å². The summed E-state index contributed by atoms with van der Waals surface area (Å²) in [6.07, 6.45) is 0.671. The molecule has 5 rings (SSSR count). The van der Waals surface area contributed by atoms with Crippen molar-refractivity contribution >= 4 is 27.5 Å². The summed E-state index contributed by atoms with van der Waals surface area (Å²) in [4.78, 5) is 30.3. The van der Waals surface area contributed by atoms with Gasteiger partial charge in [0.1, 0.15) is 5.76 Å². The number of hydrogen-bond acceptors (Lipinski definition) is 8. The molecule has 3 saturated heterocycles. The molecule has 0 aromatic heterocycles. The van der Waals surface area contributed by atoms with Gasteiger partial charge in [0.05, 0.1) is 42.9 Å². The molecule has 0 spiro atoms. The molecule has 1 N–H and O–H groups in total. The molecule has 3 aliphatic rings. The number of benzene rings is 2. The molecule has 11 heteroatoms. The van der Waals surface area contributed by atoms with Gasteiger partial charge >= 0.3 is 0 Å². The van der Waals surface area contributed by atoms with Gasteiger partial charge in [-0.1, -0.05) is 30.3 Å². The van der Waals surface area contributed by atoms with Crippen molar-refractivity contribution in [3.63, 3.8) is 0 Å². The van der Waals surface area contributed by atoms with Crippen LogP contribution in [0.3, 0.4) is 0 Å². The van der Waals surface area contributed by atoms with Crippen molar-refractivity contribution in [3.05, 3.63) is 71.3 Å². The summed E-state index contributed by atoms with van der Waals surface area (Å²) in [6.45, 7) is 5.38. The first-order chi connectivity index (χ1) is 18.9. The highest BCUT2D eigenvalue weighted by molar-refractivity contribution is 7.89. The molecule has 39 heavy (non-hydrogen) atoms. The van der Waals surface area contributed by atoms with E-state index in [2.05, 4.69) is 4.90 Å². The van der Waals surface area contributed by atoms with Crippen molar-refractivity contribution < 1.29 is 32.6 Å². The predicted octanol–water partition coefficient (Wildman–Crippen LogP) is 1.85.